The van der Waals surface area contributed by atoms with E-state index in [1.165, 1.54) is 0 Å². The van der Waals surface area contributed by atoms with E-state index >= 15 is 0 Å². The van der Waals surface area contributed by atoms with Gasteiger partial charge in [0.15, 0.2) is 11.5 Å². The Morgan fingerprint density at radius 2 is 1.82 bits per heavy atom. The Labute approximate surface area is 128 Å². The third-order valence-electron chi connectivity index (χ3n) is 3.25. The third-order valence-corrected chi connectivity index (χ3v) is 4.56. The van der Waals surface area contributed by atoms with E-state index in [0.717, 1.165) is 11.3 Å². The Bertz CT molecular complexity index is 916. The van der Waals surface area contributed by atoms with E-state index in [1.807, 2.05) is 31.2 Å². The lowest BCUT2D eigenvalue weighted by molar-refractivity contribution is 0.602. The highest BCUT2D eigenvalue weighted by Gasteiger charge is 2.08. The molecule has 0 aliphatic heterocycles. The summed E-state index contributed by atoms with van der Waals surface area (Å²) in [7, 11) is -3.26. The third kappa shape index (κ3) is 2.77. The average Bonchev–Trinajstić information content (AvgIpc) is 2.89. The topological polar surface area (TPSA) is 89.2 Å². The van der Waals surface area contributed by atoms with Gasteiger partial charge in [-0.05, 0) is 38.1 Å². The highest BCUT2D eigenvalue weighted by atomic mass is 32.2. The molecule has 0 saturated heterocycles. The molecule has 0 bridgehead atoms. The summed E-state index contributed by atoms with van der Waals surface area (Å²) in [6.07, 6.45) is 0. The fourth-order valence-corrected chi connectivity index (χ4v) is 2.65. The maximum Gasteiger partial charge on any atom is 0.232 e. The molecule has 0 radical (unpaired) electrons. The van der Waals surface area contributed by atoms with Gasteiger partial charge in [-0.25, -0.2) is 8.42 Å². The van der Waals surface area contributed by atoms with Crippen LogP contribution in [-0.4, -0.2) is 34.0 Å². The van der Waals surface area contributed by atoms with Crippen LogP contribution in [0.3, 0.4) is 0 Å². The molecule has 3 aromatic rings. The van der Waals surface area contributed by atoms with Crippen LogP contribution in [0.4, 0.5) is 5.69 Å². The van der Waals surface area contributed by atoms with E-state index < -0.39 is 10.0 Å². The first-order valence-electron chi connectivity index (χ1n) is 6.78. The van der Waals surface area contributed by atoms with Crippen molar-refractivity contribution in [1.82, 2.24) is 19.8 Å². The molecule has 0 fully saturated rings. The van der Waals surface area contributed by atoms with Gasteiger partial charge >= 0.3 is 0 Å². The van der Waals surface area contributed by atoms with Crippen molar-refractivity contribution in [2.75, 3.05) is 10.5 Å². The number of hydrogen-bond acceptors (Lipinski definition) is 5. The van der Waals surface area contributed by atoms with Crippen molar-refractivity contribution in [3.63, 3.8) is 0 Å². The zero-order chi connectivity index (χ0) is 15.7. The Hall–Kier alpha value is -2.48. The number of benzene rings is 1. The number of fused-ring (bicyclic) bond motifs is 1. The summed E-state index contributed by atoms with van der Waals surface area (Å²) in [5.74, 6) is 0.754. The summed E-state index contributed by atoms with van der Waals surface area (Å²) in [4.78, 5) is 0. The highest BCUT2D eigenvalue weighted by molar-refractivity contribution is 7.92. The first-order valence-corrected chi connectivity index (χ1v) is 8.44. The number of aryl methyl sites for hydroxylation is 1. The number of sulfonamides is 1. The van der Waals surface area contributed by atoms with Crippen molar-refractivity contribution in [3.8, 4) is 11.3 Å². The van der Waals surface area contributed by atoms with Gasteiger partial charge in [-0.15, -0.1) is 10.2 Å². The van der Waals surface area contributed by atoms with Gasteiger partial charge < -0.3 is 0 Å². The second-order valence-corrected chi connectivity index (χ2v) is 6.83. The zero-order valence-electron chi connectivity index (χ0n) is 12.2. The number of nitrogens with one attached hydrogen (secondary N) is 1. The standard InChI is InChI=1S/C14H15N5O2S/c1-3-22(20,21)18-12-6-4-11(5-7-12)13-8-9-14-16-15-10(2)19(14)17-13/h4-9,18H,3H2,1-2H3. The molecule has 0 aliphatic carbocycles. The smallest absolute Gasteiger partial charge is 0.232 e. The van der Waals surface area contributed by atoms with E-state index in [2.05, 4.69) is 20.0 Å². The van der Waals surface area contributed by atoms with Crippen LogP contribution in [0.15, 0.2) is 36.4 Å². The summed E-state index contributed by atoms with van der Waals surface area (Å²) in [5, 5.41) is 12.4. The molecule has 22 heavy (non-hydrogen) atoms. The lowest BCUT2D eigenvalue weighted by atomic mass is 10.1. The van der Waals surface area contributed by atoms with Gasteiger partial charge in [0.25, 0.3) is 0 Å². The molecule has 0 unspecified atom stereocenters. The van der Waals surface area contributed by atoms with Gasteiger partial charge in [-0.3, -0.25) is 4.72 Å². The molecule has 3 rings (SSSR count). The van der Waals surface area contributed by atoms with Crippen LogP contribution in [-0.2, 0) is 10.0 Å². The van der Waals surface area contributed by atoms with Crippen molar-refractivity contribution >= 4 is 21.4 Å². The van der Waals surface area contributed by atoms with Crippen LogP contribution in [0, 0.1) is 6.92 Å². The largest absolute Gasteiger partial charge is 0.284 e. The first kappa shape index (κ1) is 14.5. The van der Waals surface area contributed by atoms with Crippen LogP contribution in [0.1, 0.15) is 12.7 Å². The maximum atomic E-state index is 11.5. The minimum absolute atomic E-state index is 0.0415. The fourth-order valence-electron chi connectivity index (χ4n) is 2.01. The molecule has 1 aromatic carbocycles. The monoisotopic (exact) mass is 317 g/mol. The van der Waals surface area contributed by atoms with Crippen LogP contribution in [0.2, 0.25) is 0 Å². The molecule has 0 spiro atoms. The molecular weight excluding hydrogens is 302 g/mol. The van der Waals surface area contributed by atoms with Crippen LogP contribution in [0.5, 0.6) is 0 Å². The number of hydrogen-bond donors (Lipinski definition) is 1. The average molecular weight is 317 g/mol. The van der Waals surface area contributed by atoms with Crippen molar-refractivity contribution < 1.29 is 8.42 Å². The summed E-state index contributed by atoms with van der Waals surface area (Å²) in [5.41, 5.74) is 2.87. The minimum atomic E-state index is -3.26. The quantitative estimate of drug-likeness (QED) is 0.793. The van der Waals surface area contributed by atoms with Crippen LogP contribution in [0.25, 0.3) is 16.9 Å². The first-order chi connectivity index (χ1) is 10.5. The van der Waals surface area contributed by atoms with Crippen molar-refractivity contribution in [1.29, 1.82) is 0 Å². The molecule has 0 aliphatic rings. The Balaban J connectivity index is 1.92. The summed E-state index contributed by atoms with van der Waals surface area (Å²) in [6, 6.07) is 10.8. The molecule has 7 nitrogen and oxygen atoms in total. The van der Waals surface area contributed by atoms with Gasteiger partial charge in [-0.2, -0.15) is 9.61 Å². The predicted molar refractivity (Wildman–Crippen MR) is 84.0 cm³/mol. The molecular formula is C14H15N5O2S. The molecule has 114 valence electrons. The highest BCUT2D eigenvalue weighted by Crippen LogP contribution is 2.20. The second-order valence-electron chi connectivity index (χ2n) is 4.82. The number of rotatable bonds is 4. The second kappa shape index (κ2) is 5.38. The minimum Gasteiger partial charge on any atom is -0.284 e. The van der Waals surface area contributed by atoms with E-state index in [9.17, 15) is 8.42 Å². The van der Waals surface area contributed by atoms with Gasteiger partial charge in [0.2, 0.25) is 10.0 Å². The number of anilines is 1. The molecule has 2 aromatic heterocycles. The van der Waals surface area contributed by atoms with E-state index in [0.29, 0.717) is 17.2 Å². The van der Waals surface area contributed by atoms with Gasteiger partial charge in [0.05, 0.1) is 11.4 Å². The molecule has 2 heterocycles. The molecule has 0 amide bonds. The number of aromatic nitrogens is 4. The van der Waals surface area contributed by atoms with Crippen molar-refractivity contribution in [2.45, 2.75) is 13.8 Å². The summed E-state index contributed by atoms with van der Waals surface area (Å²) in [6.45, 7) is 3.43. The van der Waals surface area contributed by atoms with E-state index in [-0.39, 0.29) is 5.75 Å². The Morgan fingerprint density at radius 1 is 1.09 bits per heavy atom. The molecule has 0 saturated carbocycles. The molecule has 8 heteroatoms. The van der Waals surface area contributed by atoms with E-state index in [4.69, 9.17) is 0 Å². The van der Waals surface area contributed by atoms with E-state index in [1.54, 1.807) is 23.6 Å². The lowest BCUT2D eigenvalue weighted by Crippen LogP contribution is -2.14. The number of nitrogens with zero attached hydrogens (tertiary/aromatic N) is 4. The lowest BCUT2D eigenvalue weighted by Gasteiger charge is -2.07. The summed E-state index contributed by atoms with van der Waals surface area (Å²) < 4.78 is 27.3. The van der Waals surface area contributed by atoms with Crippen molar-refractivity contribution in [3.05, 3.63) is 42.2 Å². The van der Waals surface area contributed by atoms with Crippen molar-refractivity contribution in [2.24, 2.45) is 0 Å². The van der Waals surface area contributed by atoms with Gasteiger partial charge in [0.1, 0.15) is 0 Å². The molecule has 1 N–H and O–H groups in total. The predicted octanol–water partition coefficient (Wildman–Crippen LogP) is 1.86. The Morgan fingerprint density at radius 3 is 2.50 bits per heavy atom. The van der Waals surface area contributed by atoms with Crippen LogP contribution < -0.4 is 4.72 Å². The Kier molecular flexibility index (Phi) is 3.53. The van der Waals surface area contributed by atoms with Gasteiger partial charge in [0, 0.05) is 11.3 Å². The maximum absolute atomic E-state index is 11.5. The normalized spacial score (nSPS) is 11.7. The summed E-state index contributed by atoms with van der Waals surface area (Å²) >= 11 is 0. The van der Waals surface area contributed by atoms with Crippen LogP contribution >= 0.6 is 0 Å². The SMILES string of the molecule is CCS(=O)(=O)Nc1ccc(-c2ccc3nnc(C)n3n2)cc1. The van der Waals surface area contributed by atoms with Gasteiger partial charge in [-0.1, -0.05) is 12.1 Å². The molecule has 0 atom stereocenters. The fraction of sp³-hybridized carbons (Fsp3) is 0.214. The zero-order valence-corrected chi connectivity index (χ0v) is 13.0.